The molecule has 0 aliphatic carbocycles. The first-order valence-electron chi connectivity index (χ1n) is 9.30. The number of nitrogens with zero attached hydrogens (tertiary/aromatic N) is 3. The van der Waals surface area contributed by atoms with Crippen LogP contribution in [0.5, 0.6) is 6.01 Å². The summed E-state index contributed by atoms with van der Waals surface area (Å²) < 4.78 is 20.7. The molecule has 4 aromatic rings. The third-order valence-corrected chi connectivity index (χ3v) is 4.64. The molecule has 0 spiro atoms. The molecule has 1 aromatic heterocycles. The summed E-state index contributed by atoms with van der Waals surface area (Å²) in [5, 5.41) is 7.11. The van der Waals surface area contributed by atoms with Crippen LogP contribution in [-0.4, -0.2) is 27.8 Å². The molecule has 0 atom stereocenters. The minimum absolute atomic E-state index is 0.00979. The zero-order valence-corrected chi connectivity index (χ0v) is 16.5. The van der Waals surface area contributed by atoms with Crippen LogP contribution in [0.1, 0.15) is 15.9 Å². The molecule has 1 N–H and O–H groups in total. The number of benzene rings is 3. The molecule has 30 heavy (non-hydrogen) atoms. The molecule has 1 amide bonds. The van der Waals surface area contributed by atoms with Crippen LogP contribution in [0.2, 0.25) is 0 Å². The molecular weight excluding hydrogens is 383 g/mol. The van der Waals surface area contributed by atoms with E-state index in [9.17, 15) is 9.18 Å². The predicted octanol–water partition coefficient (Wildman–Crippen LogP) is 4.64. The molecule has 0 bridgehead atoms. The van der Waals surface area contributed by atoms with Crippen molar-refractivity contribution >= 4 is 11.6 Å². The third kappa shape index (κ3) is 3.77. The van der Waals surface area contributed by atoms with E-state index in [1.54, 1.807) is 41.1 Å². The quantitative estimate of drug-likeness (QED) is 0.528. The van der Waals surface area contributed by atoms with Gasteiger partial charge in [0, 0.05) is 11.3 Å². The van der Waals surface area contributed by atoms with Crippen LogP contribution in [0.25, 0.3) is 17.1 Å². The van der Waals surface area contributed by atoms with Crippen molar-refractivity contribution in [3.8, 4) is 23.1 Å². The number of methoxy groups -OCH3 is 1. The highest BCUT2D eigenvalue weighted by Crippen LogP contribution is 2.26. The molecule has 7 heteroatoms. The van der Waals surface area contributed by atoms with Crippen molar-refractivity contribution in [2.45, 2.75) is 6.92 Å². The minimum Gasteiger partial charge on any atom is -0.466 e. The Bertz CT molecular complexity index is 1200. The Morgan fingerprint density at radius 3 is 2.40 bits per heavy atom. The van der Waals surface area contributed by atoms with Crippen LogP contribution in [0.15, 0.2) is 72.8 Å². The Balaban J connectivity index is 1.64. The normalized spacial score (nSPS) is 10.6. The lowest BCUT2D eigenvalue weighted by Gasteiger charge is -2.10. The number of rotatable bonds is 5. The maximum Gasteiger partial charge on any atom is 0.336 e. The van der Waals surface area contributed by atoms with Gasteiger partial charge in [-0.2, -0.15) is 4.98 Å². The van der Waals surface area contributed by atoms with Crippen LogP contribution < -0.4 is 10.1 Å². The number of amides is 1. The third-order valence-electron chi connectivity index (χ3n) is 4.64. The Morgan fingerprint density at radius 1 is 1.00 bits per heavy atom. The number of hydrogen-bond acceptors (Lipinski definition) is 4. The van der Waals surface area contributed by atoms with Gasteiger partial charge in [-0.3, -0.25) is 4.79 Å². The smallest absolute Gasteiger partial charge is 0.336 e. The Hall–Kier alpha value is -4.00. The van der Waals surface area contributed by atoms with E-state index in [-0.39, 0.29) is 11.6 Å². The second-order valence-corrected chi connectivity index (χ2v) is 6.63. The zero-order valence-electron chi connectivity index (χ0n) is 16.5. The fourth-order valence-electron chi connectivity index (χ4n) is 3.09. The highest BCUT2D eigenvalue weighted by molar-refractivity contribution is 6.04. The number of anilines is 1. The van der Waals surface area contributed by atoms with Gasteiger partial charge in [0.25, 0.3) is 5.91 Å². The Morgan fingerprint density at radius 2 is 1.70 bits per heavy atom. The summed E-state index contributed by atoms with van der Waals surface area (Å²) in [4.78, 5) is 16.8. The standard InChI is InChI=1S/C23H19FN4O2/c1-15-7-3-4-8-18(15)21-26-23(30-2)27-28(21)17-13-11-16(12-14-17)25-22(29)19-9-5-6-10-20(19)24/h3-14H,1-2H3,(H,25,29). The van der Waals surface area contributed by atoms with Gasteiger partial charge in [-0.1, -0.05) is 36.4 Å². The summed E-state index contributed by atoms with van der Waals surface area (Å²) in [7, 11) is 1.52. The second-order valence-electron chi connectivity index (χ2n) is 6.63. The average molecular weight is 402 g/mol. The zero-order chi connectivity index (χ0) is 21.1. The van der Waals surface area contributed by atoms with Gasteiger partial charge in [0.15, 0.2) is 5.82 Å². The van der Waals surface area contributed by atoms with E-state index in [0.29, 0.717) is 11.5 Å². The van der Waals surface area contributed by atoms with Gasteiger partial charge < -0.3 is 10.1 Å². The first kappa shape index (κ1) is 19.3. The maximum absolute atomic E-state index is 13.8. The number of ether oxygens (including phenoxy) is 1. The summed E-state index contributed by atoms with van der Waals surface area (Å²) in [6.07, 6.45) is 0. The fraction of sp³-hybridized carbons (Fsp3) is 0.0870. The highest BCUT2D eigenvalue weighted by atomic mass is 19.1. The fourth-order valence-corrected chi connectivity index (χ4v) is 3.09. The van der Waals surface area contributed by atoms with Crippen LogP contribution >= 0.6 is 0 Å². The minimum atomic E-state index is -0.566. The van der Waals surface area contributed by atoms with Crippen molar-refractivity contribution in [3.05, 3.63) is 89.7 Å². The average Bonchev–Trinajstić information content (AvgIpc) is 3.19. The van der Waals surface area contributed by atoms with Gasteiger partial charge in [0.2, 0.25) is 0 Å². The molecular formula is C23H19FN4O2. The van der Waals surface area contributed by atoms with E-state index in [4.69, 9.17) is 4.74 Å². The van der Waals surface area contributed by atoms with E-state index in [0.717, 1.165) is 16.8 Å². The largest absolute Gasteiger partial charge is 0.466 e. The number of hydrogen-bond donors (Lipinski definition) is 1. The van der Waals surface area contributed by atoms with Gasteiger partial charge in [-0.25, -0.2) is 9.07 Å². The number of aryl methyl sites for hydroxylation is 1. The lowest BCUT2D eigenvalue weighted by Crippen LogP contribution is -2.13. The monoisotopic (exact) mass is 402 g/mol. The highest BCUT2D eigenvalue weighted by Gasteiger charge is 2.16. The second kappa shape index (κ2) is 8.16. The lowest BCUT2D eigenvalue weighted by atomic mass is 10.1. The van der Waals surface area contributed by atoms with Gasteiger partial charge in [-0.15, -0.1) is 5.10 Å². The van der Waals surface area contributed by atoms with Crippen molar-refractivity contribution in [1.29, 1.82) is 0 Å². The number of nitrogens with one attached hydrogen (secondary N) is 1. The Labute approximate surface area is 173 Å². The van der Waals surface area contributed by atoms with Crippen LogP contribution in [0.3, 0.4) is 0 Å². The summed E-state index contributed by atoms with van der Waals surface area (Å²) in [5.41, 5.74) is 3.27. The van der Waals surface area contributed by atoms with Gasteiger partial charge in [0.1, 0.15) is 5.82 Å². The van der Waals surface area contributed by atoms with Crippen LogP contribution in [0.4, 0.5) is 10.1 Å². The van der Waals surface area contributed by atoms with Crippen molar-refractivity contribution in [2.24, 2.45) is 0 Å². The van der Waals surface area contributed by atoms with E-state index in [2.05, 4.69) is 15.4 Å². The van der Waals surface area contributed by atoms with E-state index in [1.807, 2.05) is 31.2 Å². The first-order chi connectivity index (χ1) is 14.6. The summed E-state index contributed by atoms with van der Waals surface area (Å²) in [6, 6.07) is 21.0. The van der Waals surface area contributed by atoms with E-state index in [1.165, 1.54) is 19.2 Å². The van der Waals surface area contributed by atoms with Crippen molar-refractivity contribution in [3.63, 3.8) is 0 Å². The molecule has 0 radical (unpaired) electrons. The lowest BCUT2D eigenvalue weighted by molar-refractivity contribution is 0.102. The number of carbonyl (C=O) groups excluding carboxylic acids is 1. The summed E-state index contributed by atoms with van der Waals surface area (Å²) >= 11 is 0. The van der Waals surface area contributed by atoms with Gasteiger partial charge >= 0.3 is 6.01 Å². The number of carbonyl (C=O) groups is 1. The molecule has 0 aliphatic rings. The number of halogens is 1. The molecule has 0 saturated heterocycles. The van der Waals surface area contributed by atoms with Crippen molar-refractivity contribution in [1.82, 2.24) is 14.8 Å². The summed E-state index contributed by atoms with van der Waals surface area (Å²) in [5.74, 6) is -0.429. The molecule has 0 unspecified atom stereocenters. The maximum atomic E-state index is 13.8. The van der Waals surface area contributed by atoms with Crippen molar-refractivity contribution in [2.75, 3.05) is 12.4 Å². The molecule has 0 fully saturated rings. The van der Waals surface area contributed by atoms with E-state index < -0.39 is 11.7 Å². The van der Waals surface area contributed by atoms with Crippen molar-refractivity contribution < 1.29 is 13.9 Å². The molecule has 6 nitrogen and oxygen atoms in total. The molecule has 0 aliphatic heterocycles. The summed E-state index contributed by atoms with van der Waals surface area (Å²) in [6.45, 7) is 2.00. The van der Waals surface area contributed by atoms with E-state index >= 15 is 0 Å². The van der Waals surface area contributed by atoms with Crippen LogP contribution in [0, 0.1) is 12.7 Å². The molecule has 0 saturated carbocycles. The number of aromatic nitrogens is 3. The Kier molecular flexibility index (Phi) is 5.26. The molecule has 4 rings (SSSR count). The first-order valence-corrected chi connectivity index (χ1v) is 9.30. The predicted molar refractivity (Wildman–Crippen MR) is 112 cm³/mol. The molecule has 150 valence electrons. The molecule has 1 heterocycles. The SMILES string of the molecule is COc1nc(-c2ccccc2C)n(-c2ccc(NC(=O)c3ccccc3F)cc2)n1. The van der Waals surface area contributed by atoms with Gasteiger partial charge in [0.05, 0.1) is 18.4 Å². The topological polar surface area (TPSA) is 69.0 Å². The van der Waals surface area contributed by atoms with Crippen LogP contribution in [-0.2, 0) is 0 Å². The molecule has 3 aromatic carbocycles. The van der Waals surface area contributed by atoms with Gasteiger partial charge in [-0.05, 0) is 48.9 Å².